The Kier molecular flexibility index (Phi) is 5.38. The summed E-state index contributed by atoms with van der Waals surface area (Å²) < 4.78 is 15.7. The van der Waals surface area contributed by atoms with E-state index in [9.17, 15) is 4.39 Å². The van der Waals surface area contributed by atoms with Gasteiger partial charge in [-0.15, -0.1) is 10.2 Å². The van der Waals surface area contributed by atoms with Crippen molar-refractivity contribution in [2.45, 2.75) is 36.6 Å². The number of aromatic nitrogens is 4. The Bertz CT molecular complexity index is 1480. The third-order valence-electron chi connectivity index (χ3n) is 6.51. The molecule has 6 heteroatoms. The van der Waals surface area contributed by atoms with Crippen molar-refractivity contribution in [2.75, 3.05) is 0 Å². The fraction of sp³-hybridized carbons (Fsp3) is 0.179. The lowest BCUT2D eigenvalue weighted by Gasteiger charge is -2.26. The van der Waals surface area contributed by atoms with E-state index < -0.39 is 0 Å². The molecule has 1 atom stereocenters. The molecule has 2 aromatic heterocycles. The molecule has 5 aromatic rings. The first kappa shape index (κ1) is 21.1. The smallest absolute Gasteiger partial charge is 0.196 e. The maximum atomic E-state index is 13.7. The second kappa shape index (κ2) is 8.69. The number of hydrogen-bond donors (Lipinski definition) is 0. The molecule has 2 heterocycles. The van der Waals surface area contributed by atoms with E-state index in [1.807, 2.05) is 41.0 Å². The van der Waals surface area contributed by atoms with Crippen molar-refractivity contribution < 1.29 is 4.39 Å². The molecule has 34 heavy (non-hydrogen) atoms. The van der Waals surface area contributed by atoms with Crippen LogP contribution < -0.4 is 0 Å². The SMILES string of the molecule is Cc1c2c(nc3ccccc13)[C@@H](Sc1nnc(-c3ccccc3)n1-c1ccc(F)cc1)CCC2. The van der Waals surface area contributed by atoms with E-state index >= 15 is 0 Å². The molecule has 0 radical (unpaired) electrons. The van der Waals surface area contributed by atoms with Crippen molar-refractivity contribution in [3.63, 3.8) is 0 Å². The quantitative estimate of drug-likeness (QED) is 0.283. The van der Waals surface area contributed by atoms with E-state index in [1.165, 1.54) is 28.6 Å². The highest BCUT2D eigenvalue weighted by molar-refractivity contribution is 7.99. The van der Waals surface area contributed by atoms with Gasteiger partial charge in [-0.05, 0) is 67.6 Å². The molecule has 3 aromatic carbocycles. The maximum absolute atomic E-state index is 13.7. The summed E-state index contributed by atoms with van der Waals surface area (Å²) in [4.78, 5) is 5.11. The number of nitrogens with zero attached hydrogens (tertiary/aromatic N) is 4. The van der Waals surface area contributed by atoms with Gasteiger partial charge in [-0.25, -0.2) is 4.39 Å². The first-order valence-electron chi connectivity index (χ1n) is 11.5. The fourth-order valence-electron chi connectivity index (χ4n) is 4.81. The van der Waals surface area contributed by atoms with Crippen molar-refractivity contribution in [2.24, 2.45) is 0 Å². The molecule has 4 nitrogen and oxygen atoms in total. The summed E-state index contributed by atoms with van der Waals surface area (Å²) in [5.74, 6) is 0.480. The molecule has 0 amide bonds. The zero-order valence-corrected chi connectivity index (χ0v) is 19.6. The molecule has 0 saturated carbocycles. The van der Waals surface area contributed by atoms with Crippen LogP contribution in [0.1, 0.15) is 34.9 Å². The van der Waals surface area contributed by atoms with E-state index in [-0.39, 0.29) is 11.1 Å². The number of rotatable bonds is 4. The van der Waals surface area contributed by atoms with Gasteiger partial charge in [0.2, 0.25) is 0 Å². The zero-order valence-electron chi connectivity index (χ0n) is 18.8. The van der Waals surface area contributed by atoms with Gasteiger partial charge in [-0.1, -0.05) is 60.3 Å². The van der Waals surface area contributed by atoms with Crippen molar-refractivity contribution in [1.82, 2.24) is 19.7 Å². The largest absolute Gasteiger partial charge is 0.270 e. The lowest BCUT2D eigenvalue weighted by molar-refractivity contribution is 0.627. The van der Waals surface area contributed by atoms with Gasteiger partial charge >= 0.3 is 0 Å². The summed E-state index contributed by atoms with van der Waals surface area (Å²) in [7, 11) is 0. The molecule has 0 N–H and O–H groups in total. The van der Waals surface area contributed by atoms with Gasteiger partial charge in [0.15, 0.2) is 11.0 Å². The lowest BCUT2D eigenvalue weighted by atomic mass is 9.90. The van der Waals surface area contributed by atoms with Crippen molar-refractivity contribution >= 4 is 22.7 Å². The summed E-state index contributed by atoms with van der Waals surface area (Å²) in [5, 5.41) is 11.3. The van der Waals surface area contributed by atoms with E-state index in [0.717, 1.165) is 52.7 Å². The number of hydrogen-bond acceptors (Lipinski definition) is 4. The highest BCUT2D eigenvalue weighted by Gasteiger charge is 2.28. The minimum atomic E-state index is -0.264. The Balaban J connectivity index is 1.46. The normalized spacial score (nSPS) is 15.4. The number of halogens is 1. The van der Waals surface area contributed by atoms with Gasteiger partial charge in [-0.2, -0.15) is 0 Å². The predicted octanol–water partition coefficient (Wildman–Crippen LogP) is 7.10. The molecular weight excluding hydrogens is 443 g/mol. The van der Waals surface area contributed by atoms with E-state index in [0.29, 0.717) is 0 Å². The average Bonchev–Trinajstić information content (AvgIpc) is 3.29. The number of benzene rings is 3. The maximum Gasteiger partial charge on any atom is 0.196 e. The van der Waals surface area contributed by atoms with Crippen LogP contribution in [0.5, 0.6) is 0 Å². The summed E-state index contributed by atoms with van der Waals surface area (Å²) in [6.45, 7) is 2.21. The average molecular weight is 467 g/mol. The van der Waals surface area contributed by atoms with Crippen LogP contribution >= 0.6 is 11.8 Å². The highest BCUT2D eigenvalue weighted by atomic mass is 32.2. The van der Waals surface area contributed by atoms with Gasteiger partial charge in [0.25, 0.3) is 0 Å². The minimum Gasteiger partial charge on any atom is -0.270 e. The third-order valence-corrected chi connectivity index (χ3v) is 7.73. The fourth-order valence-corrected chi connectivity index (χ4v) is 6.04. The van der Waals surface area contributed by atoms with Gasteiger partial charge in [0, 0.05) is 16.6 Å². The third kappa shape index (κ3) is 3.68. The monoisotopic (exact) mass is 466 g/mol. The molecule has 0 saturated heterocycles. The minimum absolute atomic E-state index is 0.180. The van der Waals surface area contributed by atoms with Crippen LogP contribution in [-0.4, -0.2) is 19.7 Å². The van der Waals surface area contributed by atoms with Crippen molar-refractivity contribution in [1.29, 1.82) is 0 Å². The highest BCUT2D eigenvalue weighted by Crippen LogP contribution is 2.45. The second-order valence-corrected chi connectivity index (χ2v) is 9.77. The zero-order chi connectivity index (χ0) is 23.1. The van der Waals surface area contributed by atoms with Gasteiger partial charge in [-0.3, -0.25) is 9.55 Å². The van der Waals surface area contributed by atoms with E-state index in [2.05, 4.69) is 35.3 Å². The number of thioether (sulfide) groups is 1. The van der Waals surface area contributed by atoms with Gasteiger partial charge in [0.05, 0.1) is 16.5 Å². The van der Waals surface area contributed by atoms with Crippen LogP contribution in [0.4, 0.5) is 4.39 Å². The van der Waals surface area contributed by atoms with Crippen molar-refractivity contribution in [3.8, 4) is 17.1 Å². The Hall–Kier alpha value is -3.51. The molecule has 1 aliphatic rings. The van der Waals surface area contributed by atoms with Crippen LogP contribution in [0, 0.1) is 12.7 Å². The lowest BCUT2D eigenvalue weighted by Crippen LogP contribution is -2.13. The van der Waals surface area contributed by atoms with Crippen LogP contribution in [0.3, 0.4) is 0 Å². The van der Waals surface area contributed by atoms with E-state index in [4.69, 9.17) is 4.98 Å². The Morgan fingerprint density at radius 1 is 0.912 bits per heavy atom. The summed E-state index contributed by atoms with van der Waals surface area (Å²) in [6.07, 6.45) is 3.19. The predicted molar refractivity (Wildman–Crippen MR) is 135 cm³/mol. The molecule has 1 aliphatic carbocycles. The number of aryl methyl sites for hydroxylation is 1. The summed E-state index contributed by atoms with van der Waals surface area (Å²) in [5.41, 5.74) is 6.69. The van der Waals surface area contributed by atoms with Crippen molar-refractivity contribution in [3.05, 3.63) is 102 Å². The molecule has 0 spiro atoms. The molecule has 0 fully saturated rings. The van der Waals surface area contributed by atoms with Crippen LogP contribution in [-0.2, 0) is 6.42 Å². The molecule has 0 bridgehead atoms. The van der Waals surface area contributed by atoms with E-state index in [1.54, 1.807) is 23.9 Å². The van der Waals surface area contributed by atoms with Gasteiger partial charge in [0.1, 0.15) is 5.82 Å². The number of pyridine rings is 1. The standard InChI is InChI=1S/C28H23FN4S/c1-18-22-10-5-6-12-24(22)30-26-23(18)11-7-13-25(26)34-28-32-31-27(19-8-3-2-4-9-19)33(28)21-16-14-20(29)15-17-21/h2-6,8-10,12,14-17,25H,7,11,13H2,1H3/t25-/m0/s1. The molecule has 0 aliphatic heterocycles. The molecule has 6 rings (SSSR count). The Morgan fingerprint density at radius 3 is 2.50 bits per heavy atom. The number of para-hydroxylation sites is 1. The number of fused-ring (bicyclic) bond motifs is 2. The summed E-state index contributed by atoms with van der Waals surface area (Å²) >= 11 is 1.70. The molecule has 0 unspecified atom stereocenters. The second-order valence-electron chi connectivity index (χ2n) is 8.60. The Morgan fingerprint density at radius 2 is 1.68 bits per heavy atom. The van der Waals surface area contributed by atoms with Crippen LogP contribution in [0.25, 0.3) is 28.0 Å². The van der Waals surface area contributed by atoms with Crippen LogP contribution in [0.15, 0.2) is 84.0 Å². The Labute approximate surface area is 201 Å². The summed E-state index contributed by atoms with van der Waals surface area (Å²) in [6, 6.07) is 24.9. The topological polar surface area (TPSA) is 43.6 Å². The molecular formula is C28H23FN4S. The molecule has 168 valence electrons. The first-order valence-corrected chi connectivity index (χ1v) is 12.4. The first-order chi connectivity index (χ1) is 16.7. The van der Waals surface area contributed by atoms with Gasteiger partial charge < -0.3 is 0 Å². The van der Waals surface area contributed by atoms with Crippen LogP contribution in [0.2, 0.25) is 0 Å².